The lowest BCUT2D eigenvalue weighted by molar-refractivity contribution is -0.115. The van der Waals surface area contributed by atoms with Gasteiger partial charge in [-0.05, 0) is 28.1 Å². The van der Waals surface area contributed by atoms with Gasteiger partial charge in [0.05, 0.1) is 4.47 Å². The molecule has 1 N–H and O–H groups in total. The van der Waals surface area contributed by atoms with Gasteiger partial charge in [0.1, 0.15) is 0 Å². The van der Waals surface area contributed by atoms with Gasteiger partial charge >= 0.3 is 0 Å². The van der Waals surface area contributed by atoms with Gasteiger partial charge in [-0.25, -0.2) is 0 Å². The standard InChI is InChI=1S/C7H6BrNO2/c8-6-3-1-2-4-7(6)11-9-5-10/h1-5H,(H,9,10). The fourth-order valence-corrected chi connectivity index (χ4v) is 0.981. The van der Waals surface area contributed by atoms with Crippen LogP contribution in [0.2, 0.25) is 0 Å². The second-order valence-corrected chi connectivity index (χ2v) is 2.62. The van der Waals surface area contributed by atoms with Gasteiger partial charge in [-0.3, -0.25) is 4.79 Å². The molecule has 0 spiro atoms. The largest absolute Gasteiger partial charge is 0.379 e. The van der Waals surface area contributed by atoms with E-state index in [-0.39, 0.29) is 0 Å². The Morgan fingerprint density at radius 2 is 2.18 bits per heavy atom. The third-order valence-electron chi connectivity index (χ3n) is 1.05. The molecule has 0 aliphatic carbocycles. The first-order chi connectivity index (χ1) is 5.34. The van der Waals surface area contributed by atoms with Gasteiger partial charge in [0, 0.05) is 0 Å². The summed E-state index contributed by atoms with van der Waals surface area (Å²) in [6.45, 7) is 0. The van der Waals surface area contributed by atoms with Gasteiger partial charge in [0.2, 0.25) is 6.41 Å². The fourth-order valence-electron chi connectivity index (χ4n) is 0.615. The van der Waals surface area contributed by atoms with Crippen LogP contribution >= 0.6 is 15.9 Å². The molecule has 11 heavy (non-hydrogen) atoms. The number of nitrogens with one attached hydrogen (secondary N) is 1. The van der Waals surface area contributed by atoms with E-state index in [9.17, 15) is 4.79 Å². The summed E-state index contributed by atoms with van der Waals surface area (Å²) >= 11 is 3.25. The highest BCUT2D eigenvalue weighted by molar-refractivity contribution is 9.10. The summed E-state index contributed by atoms with van der Waals surface area (Å²) in [5.74, 6) is 0.583. The third kappa shape index (κ3) is 2.23. The summed E-state index contributed by atoms with van der Waals surface area (Å²) in [5.41, 5.74) is 2.09. The molecule has 0 heterocycles. The average Bonchev–Trinajstić information content (AvgIpc) is 2.03. The predicted octanol–water partition coefficient (Wildman–Crippen LogP) is 1.49. The number of carbonyl (C=O) groups excluding carboxylic acids is 1. The van der Waals surface area contributed by atoms with Crippen LogP contribution in [-0.2, 0) is 4.79 Å². The number of amides is 1. The SMILES string of the molecule is O=CNOc1ccccc1Br. The Kier molecular flexibility index (Phi) is 2.92. The molecule has 0 saturated carbocycles. The van der Waals surface area contributed by atoms with Crippen LogP contribution in [0, 0.1) is 0 Å². The van der Waals surface area contributed by atoms with E-state index in [4.69, 9.17) is 4.84 Å². The molecular formula is C7H6BrNO2. The number of rotatable bonds is 3. The smallest absolute Gasteiger partial charge is 0.239 e. The van der Waals surface area contributed by atoms with Gasteiger partial charge in [0.25, 0.3) is 0 Å². The van der Waals surface area contributed by atoms with E-state index in [0.717, 1.165) is 4.47 Å². The van der Waals surface area contributed by atoms with Crippen molar-refractivity contribution in [1.82, 2.24) is 5.48 Å². The Morgan fingerprint density at radius 3 is 2.82 bits per heavy atom. The minimum atomic E-state index is 0.472. The Morgan fingerprint density at radius 1 is 1.45 bits per heavy atom. The Balaban J connectivity index is 2.69. The van der Waals surface area contributed by atoms with Crippen molar-refractivity contribution in [2.45, 2.75) is 0 Å². The van der Waals surface area contributed by atoms with Crippen molar-refractivity contribution in [3.05, 3.63) is 28.7 Å². The molecule has 1 aromatic rings. The van der Waals surface area contributed by atoms with E-state index in [1.807, 2.05) is 18.2 Å². The fraction of sp³-hybridized carbons (Fsp3) is 0. The molecule has 0 fully saturated rings. The molecule has 4 heteroatoms. The molecule has 1 aromatic carbocycles. The summed E-state index contributed by atoms with van der Waals surface area (Å²) in [5, 5.41) is 0. The summed E-state index contributed by atoms with van der Waals surface area (Å²) < 4.78 is 0.800. The third-order valence-corrected chi connectivity index (χ3v) is 1.71. The molecule has 0 aliphatic rings. The highest BCUT2D eigenvalue weighted by atomic mass is 79.9. The Labute approximate surface area is 72.4 Å². The maximum atomic E-state index is 9.84. The summed E-state index contributed by atoms with van der Waals surface area (Å²) in [7, 11) is 0. The second-order valence-electron chi connectivity index (χ2n) is 1.77. The van der Waals surface area contributed by atoms with Crippen LogP contribution in [-0.4, -0.2) is 6.41 Å². The Bertz CT molecular complexity index is 252. The normalized spacial score (nSPS) is 8.82. The highest BCUT2D eigenvalue weighted by Gasteiger charge is 1.96. The number of carbonyl (C=O) groups is 1. The van der Waals surface area contributed by atoms with Gasteiger partial charge < -0.3 is 4.84 Å². The van der Waals surface area contributed by atoms with Gasteiger partial charge in [0.15, 0.2) is 5.75 Å². The van der Waals surface area contributed by atoms with Crippen LogP contribution in [0.15, 0.2) is 28.7 Å². The van der Waals surface area contributed by atoms with Crippen molar-refractivity contribution >= 4 is 22.3 Å². The minimum absolute atomic E-state index is 0.472. The number of hydrogen-bond donors (Lipinski definition) is 1. The number of hydrogen-bond acceptors (Lipinski definition) is 2. The van der Waals surface area contributed by atoms with Crippen molar-refractivity contribution in [2.24, 2.45) is 0 Å². The van der Waals surface area contributed by atoms with Crippen LogP contribution in [0.1, 0.15) is 0 Å². The molecule has 58 valence electrons. The van der Waals surface area contributed by atoms with Crippen LogP contribution in [0.3, 0.4) is 0 Å². The molecule has 0 bridgehead atoms. The second kappa shape index (κ2) is 3.98. The Hall–Kier alpha value is -1.03. The number of hydroxylamine groups is 1. The van der Waals surface area contributed by atoms with E-state index >= 15 is 0 Å². The topological polar surface area (TPSA) is 38.3 Å². The van der Waals surface area contributed by atoms with Gasteiger partial charge in [-0.15, -0.1) is 0 Å². The first kappa shape index (κ1) is 8.07. The lowest BCUT2D eigenvalue weighted by atomic mass is 10.3. The zero-order valence-corrected chi connectivity index (χ0v) is 7.17. The quantitative estimate of drug-likeness (QED) is 0.613. The molecular weight excluding hydrogens is 210 g/mol. The maximum Gasteiger partial charge on any atom is 0.239 e. The molecule has 0 radical (unpaired) electrons. The van der Waals surface area contributed by atoms with Gasteiger partial charge in [-0.1, -0.05) is 12.1 Å². The van der Waals surface area contributed by atoms with E-state index in [1.165, 1.54) is 0 Å². The first-order valence-electron chi connectivity index (χ1n) is 2.95. The molecule has 0 saturated heterocycles. The highest BCUT2D eigenvalue weighted by Crippen LogP contribution is 2.22. The predicted molar refractivity (Wildman–Crippen MR) is 44.0 cm³/mol. The van der Waals surface area contributed by atoms with E-state index in [1.54, 1.807) is 6.07 Å². The van der Waals surface area contributed by atoms with Crippen molar-refractivity contribution < 1.29 is 9.63 Å². The number of halogens is 1. The molecule has 0 aliphatic heterocycles. The summed E-state index contributed by atoms with van der Waals surface area (Å²) in [6, 6.07) is 7.23. The monoisotopic (exact) mass is 215 g/mol. The molecule has 0 atom stereocenters. The van der Waals surface area contributed by atoms with Gasteiger partial charge in [-0.2, -0.15) is 5.48 Å². The summed E-state index contributed by atoms with van der Waals surface area (Å²) in [6.07, 6.45) is 0.472. The minimum Gasteiger partial charge on any atom is -0.379 e. The molecule has 0 aromatic heterocycles. The van der Waals surface area contributed by atoms with E-state index in [0.29, 0.717) is 12.2 Å². The first-order valence-corrected chi connectivity index (χ1v) is 3.74. The van der Waals surface area contributed by atoms with Crippen LogP contribution in [0.25, 0.3) is 0 Å². The van der Waals surface area contributed by atoms with Crippen LogP contribution in [0.5, 0.6) is 5.75 Å². The summed E-state index contributed by atoms with van der Waals surface area (Å²) in [4.78, 5) is 14.7. The van der Waals surface area contributed by atoms with Crippen molar-refractivity contribution in [3.8, 4) is 5.75 Å². The molecule has 3 nitrogen and oxygen atoms in total. The zero-order valence-electron chi connectivity index (χ0n) is 5.58. The number of para-hydroxylation sites is 1. The van der Waals surface area contributed by atoms with E-state index < -0.39 is 0 Å². The van der Waals surface area contributed by atoms with Crippen molar-refractivity contribution in [1.29, 1.82) is 0 Å². The van der Waals surface area contributed by atoms with E-state index in [2.05, 4.69) is 21.4 Å². The zero-order chi connectivity index (χ0) is 8.10. The van der Waals surface area contributed by atoms with Crippen molar-refractivity contribution in [2.75, 3.05) is 0 Å². The lowest BCUT2D eigenvalue weighted by Gasteiger charge is -2.02. The maximum absolute atomic E-state index is 9.84. The van der Waals surface area contributed by atoms with Crippen molar-refractivity contribution in [3.63, 3.8) is 0 Å². The lowest BCUT2D eigenvalue weighted by Crippen LogP contribution is -2.15. The molecule has 0 unspecified atom stereocenters. The molecule has 1 rings (SSSR count). The average molecular weight is 216 g/mol. The van der Waals surface area contributed by atoms with Crippen LogP contribution < -0.4 is 10.3 Å². The number of benzene rings is 1. The molecule has 1 amide bonds. The van der Waals surface area contributed by atoms with Crippen LogP contribution in [0.4, 0.5) is 0 Å².